The standard InChI is InChI=1S/C20H31FN2O2S.C2H6/c1-15(2)17-5-7-22(8-6-17)14-16-3-9-23(10-4-16)19-11-18(21)12-20(13-19)26(24)25;1-2/h11-13,15-17H,3-10,14H2,1-2H3,(H,24,25);1-2H3/p-1. The topological polar surface area (TPSA) is 46.6 Å². The van der Waals surface area contributed by atoms with Crippen LogP contribution < -0.4 is 4.90 Å². The van der Waals surface area contributed by atoms with Crippen LogP contribution >= 0.6 is 0 Å². The summed E-state index contributed by atoms with van der Waals surface area (Å²) in [5.41, 5.74) is 0.681. The van der Waals surface area contributed by atoms with Crippen molar-refractivity contribution in [3.05, 3.63) is 24.0 Å². The van der Waals surface area contributed by atoms with Crippen LogP contribution in [-0.2, 0) is 11.1 Å². The fourth-order valence-electron chi connectivity index (χ4n) is 4.37. The maximum absolute atomic E-state index is 13.7. The molecule has 28 heavy (non-hydrogen) atoms. The van der Waals surface area contributed by atoms with E-state index in [1.54, 1.807) is 6.07 Å². The summed E-state index contributed by atoms with van der Waals surface area (Å²) < 4.78 is 36.0. The van der Waals surface area contributed by atoms with Gasteiger partial charge in [0.25, 0.3) is 0 Å². The number of rotatable bonds is 5. The first-order chi connectivity index (χ1) is 13.4. The molecule has 160 valence electrons. The van der Waals surface area contributed by atoms with Crippen LogP contribution in [0.3, 0.4) is 0 Å². The van der Waals surface area contributed by atoms with Crippen molar-refractivity contribution in [1.29, 1.82) is 0 Å². The Labute approximate surface area is 172 Å². The summed E-state index contributed by atoms with van der Waals surface area (Å²) in [6, 6.07) is 4.08. The van der Waals surface area contributed by atoms with Gasteiger partial charge in [0.05, 0.1) is 0 Å². The predicted molar refractivity (Wildman–Crippen MR) is 114 cm³/mol. The first-order valence-corrected chi connectivity index (χ1v) is 11.9. The third-order valence-corrected chi connectivity index (χ3v) is 6.74. The Morgan fingerprint density at radius 1 is 1.07 bits per heavy atom. The van der Waals surface area contributed by atoms with Crippen LogP contribution in [0.1, 0.15) is 53.4 Å². The number of nitrogens with zero attached hydrogens (tertiary/aromatic N) is 2. The molecular formula is C22H36FN2O2S-. The van der Waals surface area contributed by atoms with Gasteiger partial charge < -0.3 is 14.4 Å². The van der Waals surface area contributed by atoms with Crippen LogP contribution in [0, 0.1) is 23.6 Å². The quantitative estimate of drug-likeness (QED) is 0.660. The van der Waals surface area contributed by atoms with Crippen molar-refractivity contribution in [2.45, 2.75) is 58.3 Å². The van der Waals surface area contributed by atoms with Gasteiger partial charge in [-0.05, 0) is 85.8 Å². The van der Waals surface area contributed by atoms with Crippen LogP contribution in [0.5, 0.6) is 0 Å². The zero-order valence-electron chi connectivity index (χ0n) is 17.8. The predicted octanol–water partition coefficient (Wildman–Crippen LogP) is 4.67. The summed E-state index contributed by atoms with van der Waals surface area (Å²) in [5, 5.41) is 0. The summed E-state index contributed by atoms with van der Waals surface area (Å²) in [5.74, 6) is 1.86. The van der Waals surface area contributed by atoms with Crippen LogP contribution in [0.2, 0.25) is 0 Å². The lowest BCUT2D eigenvalue weighted by Gasteiger charge is -2.39. The fourth-order valence-corrected chi connectivity index (χ4v) is 4.79. The molecule has 2 aliphatic heterocycles. The summed E-state index contributed by atoms with van der Waals surface area (Å²) in [7, 11) is 0. The van der Waals surface area contributed by atoms with E-state index in [0.29, 0.717) is 11.6 Å². The van der Waals surface area contributed by atoms with E-state index in [2.05, 4.69) is 23.6 Å². The van der Waals surface area contributed by atoms with E-state index in [-0.39, 0.29) is 4.90 Å². The normalized spacial score (nSPS) is 20.8. The molecule has 1 aromatic rings. The smallest absolute Gasteiger partial charge is 0.126 e. The van der Waals surface area contributed by atoms with E-state index in [4.69, 9.17) is 0 Å². The first kappa shape index (κ1) is 23.3. The number of anilines is 1. The fraction of sp³-hybridized carbons (Fsp3) is 0.727. The van der Waals surface area contributed by atoms with Crippen molar-refractivity contribution >= 4 is 16.8 Å². The van der Waals surface area contributed by atoms with Crippen molar-refractivity contribution in [3.63, 3.8) is 0 Å². The summed E-state index contributed by atoms with van der Waals surface area (Å²) in [6.45, 7) is 14.0. The highest BCUT2D eigenvalue weighted by atomic mass is 32.2. The lowest BCUT2D eigenvalue weighted by Crippen LogP contribution is -2.42. The maximum Gasteiger partial charge on any atom is 0.126 e. The largest absolute Gasteiger partial charge is 0.768 e. The summed E-state index contributed by atoms with van der Waals surface area (Å²) in [6.07, 6.45) is 4.79. The number of hydrogen-bond donors (Lipinski definition) is 0. The molecular weight excluding hydrogens is 375 g/mol. The number of halogens is 1. The molecule has 2 fully saturated rings. The number of piperidine rings is 2. The lowest BCUT2D eigenvalue weighted by molar-refractivity contribution is 0.132. The Kier molecular flexibility index (Phi) is 9.38. The molecule has 2 heterocycles. The first-order valence-electron chi connectivity index (χ1n) is 10.8. The zero-order valence-corrected chi connectivity index (χ0v) is 18.6. The van der Waals surface area contributed by atoms with Gasteiger partial charge in [-0.1, -0.05) is 27.7 Å². The second kappa shape index (κ2) is 11.3. The molecule has 0 aliphatic carbocycles. The van der Waals surface area contributed by atoms with Crippen LogP contribution in [0.4, 0.5) is 10.1 Å². The highest BCUT2D eigenvalue weighted by molar-refractivity contribution is 7.79. The molecule has 1 atom stereocenters. The third-order valence-electron chi connectivity index (χ3n) is 6.12. The zero-order chi connectivity index (χ0) is 20.7. The lowest BCUT2D eigenvalue weighted by atomic mass is 9.86. The molecule has 0 N–H and O–H groups in total. The van der Waals surface area contributed by atoms with E-state index in [0.717, 1.165) is 50.4 Å². The number of benzene rings is 1. The Morgan fingerprint density at radius 2 is 1.68 bits per heavy atom. The van der Waals surface area contributed by atoms with Gasteiger partial charge in [-0.15, -0.1) is 0 Å². The van der Waals surface area contributed by atoms with Gasteiger partial charge in [0.1, 0.15) is 5.82 Å². The summed E-state index contributed by atoms with van der Waals surface area (Å²) in [4.78, 5) is 4.75. The molecule has 0 spiro atoms. The summed E-state index contributed by atoms with van der Waals surface area (Å²) >= 11 is -2.40. The van der Waals surface area contributed by atoms with E-state index in [1.807, 2.05) is 13.8 Å². The van der Waals surface area contributed by atoms with Crippen LogP contribution in [0.15, 0.2) is 23.1 Å². The Balaban J connectivity index is 0.00000136. The van der Waals surface area contributed by atoms with Crippen molar-refractivity contribution in [1.82, 2.24) is 4.90 Å². The molecule has 0 bridgehead atoms. The second-order valence-electron chi connectivity index (χ2n) is 8.19. The SMILES string of the molecule is CC.CC(C)C1CCN(CC2CCN(c3cc(F)cc(S(=O)[O-])c3)CC2)CC1. The van der Waals surface area contributed by atoms with Gasteiger partial charge in [-0.2, -0.15) is 0 Å². The van der Waals surface area contributed by atoms with Gasteiger partial charge in [-0.25, -0.2) is 4.39 Å². The Bertz CT molecular complexity index is 625. The monoisotopic (exact) mass is 411 g/mol. The highest BCUT2D eigenvalue weighted by Crippen LogP contribution is 2.29. The average Bonchev–Trinajstić information content (AvgIpc) is 2.70. The molecule has 2 saturated heterocycles. The minimum Gasteiger partial charge on any atom is -0.768 e. The third kappa shape index (κ3) is 6.53. The van der Waals surface area contributed by atoms with Gasteiger partial charge in [0, 0.05) is 30.2 Å². The number of hydrogen-bond acceptors (Lipinski definition) is 4. The molecule has 1 aromatic carbocycles. The molecule has 2 aliphatic rings. The molecule has 0 amide bonds. The van der Waals surface area contributed by atoms with E-state index in [9.17, 15) is 13.2 Å². The molecule has 6 heteroatoms. The van der Waals surface area contributed by atoms with E-state index >= 15 is 0 Å². The number of likely N-dealkylation sites (tertiary alicyclic amines) is 1. The molecule has 0 aromatic heterocycles. The average molecular weight is 412 g/mol. The Morgan fingerprint density at radius 3 is 2.21 bits per heavy atom. The van der Waals surface area contributed by atoms with Gasteiger partial charge in [0.2, 0.25) is 0 Å². The Hall–Kier alpha value is -0.980. The highest BCUT2D eigenvalue weighted by Gasteiger charge is 2.26. The van der Waals surface area contributed by atoms with E-state index in [1.165, 1.54) is 32.0 Å². The van der Waals surface area contributed by atoms with Gasteiger partial charge in [-0.3, -0.25) is 4.21 Å². The van der Waals surface area contributed by atoms with Crippen molar-refractivity contribution < 1.29 is 13.2 Å². The van der Waals surface area contributed by atoms with E-state index < -0.39 is 16.9 Å². The minimum atomic E-state index is -2.40. The molecule has 0 saturated carbocycles. The van der Waals surface area contributed by atoms with Crippen LogP contribution in [0.25, 0.3) is 0 Å². The second-order valence-corrected chi connectivity index (χ2v) is 9.13. The molecule has 4 nitrogen and oxygen atoms in total. The minimum absolute atomic E-state index is 0.0233. The molecule has 3 rings (SSSR count). The van der Waals surface area contributed by atoms with Crippen molar-refractivity contribution in [3.8, 4) is 0 Å². The van der Waals surface area contributed by atoms with Crippen LogP contribution in [-0.4, -0.2) is 46.4 Å². The van der Waals surface area contributed by atoms with Crippen molar-refractivity contribution in [2.24, 2.45) is 17.8 Å². The van der Waals surface area contributed by atoms with Crippen molar-refractivity contribution in [2.75, 3.05) is 37.6 Å². The molecule has 0 radical (unpaired) electrons. The van der Waals surface area contributed by atoms with Gasteiger partial charge in [0.15, 0.2) is 0 Å². The van der Waals surface area contributed by atoms with Gasteiger partial charge >= 0.3 is 0 Å². The maximum atomic E-state index is 13.7. The molecule has 1 unspecified atom stereocenters.